The fourth-order valence-electron chi connectivity index (χ4n) is 4.25. The predicted molar refractivity (Wildman–Crippen MR) is 107 cm³/mol. The fraction of sp³-hybridized carbons (Fsp3) is 0.167. The number of hydrogen-bond acceptors (Lipinski definition) is 0. The molecule has 140 valence electrons. The molecule has 28 heavy (non-hydrogen) atoms. The third kappa shape index (κ3) is 3.53. The van der Waals surface area contributed by atoms with E-state index in [1.54, 1.807) is 3.28 Å². The van der Waals surface area contributed by atoms with E-state index in [0.717, 1.165) is 0 Å². The summed E-state index contributed by atoms with van der Waals surface area (Å²) in [6.07, 6.45) is 10.5. The van der Waals surface area contributed by atoms with Crippen molar-refractivity contribution < 1.29 is 57.2 Å². The first kappa shape index (κ1) is 21.7. The molecular weight excluding hydrogens is 553 g/mol. The van der Waals surface area contributed by atoms with Crippen LogP contribution in [0.2, 0.25) is 0 Å². The molecule has 0 amide bonds. The Morgan fingerprint density at radius 3 is 2.50 bits per heavy atom. The van der Waals surface area contributed by atoms with Crippen LogP contribution >= 0.6 is 0 Å². The van der Waals surface area contributed by atoms with Gasteiger partial charge < -0.3 is 34.0 Å². The average molecular weight is 574 g/mol. The van der Waals surface area contributed by atoms with E-state index in [1.807, 2.05) is 0 Å². The molecule has 1 unspecified atom stereocenters. The molecule has 0 radical (unpaired) electrons. The van der Waals surface area contributed by atoms with Gasteiger partial charge in [-0.2, -0.15) is 0 Å². The first-order valence-electron chi connectivity index (χ1n) is 9.24. The van der Waals surface area contributed by atoms with E-state index in [4.69, 9.17) is 0 Å². The summed E-state index contributed by atoms with van der Waals surface area (Å²) >= 11 is -0.735. The van der Waals surface area contributed by atoms with Gasteiger partial charge in [0.1, 0.15) is 0 Å². The number of hydrogen-bond donors (Lipinski definition) is 0. The molecule has 0 saturated carbocycles. The Hall–Kier alpha value is -0.957. The van der Waals surface area contributed by atoms with Gasteiger partial charge in [0.15, 0.2) is 0 Å². The second-order valence-corrected chi connectivity index (χ2v) is 10.9. The van der Waals surface area contributed by atoms with E-state index >= 15 is 0 Å². The number of aromatic nitrogens is 1. The topological polar surface area (TPSA) is 4.93 Å². The summed E-state index contributed by atoms with van der Waals surface area (Å²) in [5.41, 5.74) is 8.58. The first-order valence-corrected chi connectivity index (χ1v) is 11.9. The molecule has 5 rings (SSSR count). The second kappa shape index (κ2) is 8.82. The summed E-state index contributed by atoms with van der Waals surface area (Å²) in [5.74, 6) is 0. The third-order valence-electron chi connectivity index (χ3n) is 5.69. The van der Waals surface area contributed by atoms with Crippen LogP contribution in [0.15, 0.2) is 70.0 Å². The monoisotopic (exact) mass is 571 g/mol. The normalized spacial score (nSPS) is 16.7. The van der Waals surface area contributed by atoms with Gasteiger partial charge in [-0.1, -0.05) is 0 Å². The Labute approximate surface area is 199 Å². The fourth-order valence-corrected chi connectivity index (χ4v) is 8.13. The number of aryl methyl sites for hydroxylation is 1. The zero-order valence-corrected chi connectivity index (χ0v) is 21.5. The largest absolute Gasteiger partial charge is 1.00 e. The van der Waals surface area contributed by atoms with Crippen molar-refractivity contribution in [2.24, 2.45) is 0 Å². The maximum atomic E-state index is 2.54. The Morgan fingerprint density at radius 2 is 1.71 bits per heavy atom. The van der Waals surface area contributed by atoms with Gasteiger partial charge in [0.05, 0.1) is 0 Å². The molecule has 3 aromatic rings. The van der Waals surface area contributed by atoms with E-state index in [-0.39, 0.29) is 34.0 Å². The van der Waals surface area contributed by atoms with Crippen molar-refractivity contribution in [3.63, 3.8) is 0 Å². The van der Waals surface area contributed by atoms with Gasteiger partial charge in [-0.05, 0) is 0 Å². The van der Waals surface area contributed by atoms with Crippen molar-refractivity contribution >= 4 is 22.7 Å². The number of allylic oxidation sites excluding steroid dienone is 5. The molecule has 0 spiro atoms. The summed E-state index contributed by atoms with van der Waals surface area (Å²) in [5, 5.41) is 1.38. The second-order valence-electron chi connectivity index (χ2n) is 7.16. The smallest absolute Gasteiger partial charge is 1.00 e. The van der Waals surface area contributed by atoms with Crippen molar-refractivity contribution in [3.05, 3.63) is 92.4 Å². The molecular formula is C24H21Br2NZr. The van der Waals surface area contributed by atoms with Gasteiger partial charge >= 0.3 is 167 Å². The van der Waals surface area contributed by atoms with Crippen molar-refractivity contribution in [3.8, 4) is 0 Å². The van der Waals surface area contributed by atoms with Gasteiger partial charge in [-0.3, -0.25) is 0 Å². The maximum absolute atomic E-state index is 2.54. The number of fused-ring (bicyclic) bond motifs is 2. The predicted octanol–water partition coefficient (Wildman–Crippen LogP) is 0.245. The van der Waals surface area contributed by atoms with Crippen LogP contribution in [0.4, 0.5) is 0 Å². The van der Waals surface area contributed by atoms with Gasteiger partial charge in [0.2, 0.25) is 0 Å². The molecule has 4 heteroatoms. The van der Waals surface area contributed by atoms with Crippen LogP contribution in [0.1, 0.15) is 32.4 Å². The van der Waals surface area contributed by atoms with Gasteiger partial charge in [-0.15, -0.1) is 0 Å². The zero-order valence-electron chi connectivity index (χ0n) is 15.9. The molecule has 1 nitrogen and oxygen atoms in total. The average Bonchev–Trinajstić information content (AvgIpc) is 3.36. The van der Waals surface area contributed by atoms with Crippen LogP contribution in [0.25, 0.3) is 22.7 Å². The van der Waals surface area contributed by atoms with Crippen LogP contribution in [0, 0.1) is 13.8 Å². The molecule has 2 aliphatic rings. The van der Waals surface area contributed by atoms with Crippen molar-refractivity contribution in [1.82, 2.24) is 4.57 Å². The molecule has 0 bridgehead atoms. The van der Waals surface area contributed by atoms with Crippen LogP contribution in [0.3, 0.4) is 0 Å². The number of para-hydroxylation sites is 1. The summed E-state index contributed by atoms with van der Waals surface area (Å²) in [7, 11) is 0. The molecule has 0 aliphatic heterocycles. The molecule has 1 aromatic heterocycles. The molecule has 0 N–H and O–H groups in total. The summed E-state index contributed by atoms with van der Waals surface area (Å²) in [6, 6.07) is 17.9. The quantitative estimate of drug-likeness (QED) is 0.423. The third-order valence-corrected chi connectivity index (χ3v) is 9.72. The van der Waals surface area contributed by atoms with Crippen LogP contribution in [0.5, 0.6) is 0 Å². The number of benzene rings is 2. The first-order chi connectivity index (χ1) is 12.7. The minimum absolute atomic E-state index is 0. The minimum Gasteiger partial charge on any atom is -1.00 e. The van der Waals surface area contributed by atoms with E-state index in [2.05, 4.69) is 91.2 Å². The SMILES string of the molecule is Cc1c(C)n(C2=Cc3ccccc3[CH]2[Zr+2][C]2=CC=CC2)c2ccccc12.[Br-].[Br-]. The van der Waals surface area contributed by atoms with E-state index in [0.29, 0.717) is 3.63 Å². The summed E-state index contributed by atoms with van der Waals surface area (Å²) < 4.78 is 4.83. The van der Waals surface area contributed by atoms with Crippen LogP contribution in [-0.4, -0.2) is 4.57 Å². The van der Waals surface area contributed by atoms with Crippen molar-refractivity contribution in [2.75, 3.05) is 0 Å². The summed E-state index contributed by atoms with van der Waals surface area (Å²) in [4.78, 5) is 0. The van der Waals surface area contributed by atoms with Crippen LogP contribution in [-0.2, 0) is 23.2 Å². The zero-order chi connectivity index (χ0) is 17.7. The van der Waals surface area contributed by atoms with Gasteiger partial charge in [0.25, 0.3) is 0 Å². The minimum atomic E-state index is -0.735. The van der Waals surface area contributed by atoms with Crippen molar-refractivity contribution in [2.45, 2.75) is 23.9 Å². The van der Waals surface area contributed by atoms with E-state index in [9.17, 15) is 0 Å². The number of rotatable bonds is 3. The van der Waals surface area contributed by atoms with Crippen LogP contribution < -0.4 is 34.0 Å². The Bertz CT molecular complexity index is 1120. The Balaban J connectivity index is 0.00000112. The maximum Gasteiger partial charge on any atom is -1.00 e. The molecule has 0 fully saturated rings. The standard InChI is InChI=1S/C19H16N.C5H5.2BrH.Zr/c1-13-14(2)20(19-10-6-5-9-18(13)19)17-11-15-7-3-4-8-16(15)12-17;1-2-4-5-3-1;;;/h3-12H,1-2H3;1-3H,4H2;2*1H;/q;;;;+2/p-2. The number of nitrogens with zero attached hydrogens (tertiary/aromatic N) is 1. The Morgan fingerprint density at radius 1 is 0.964 bits per heavy atom. The molecule has 1 heterocycles. The van der Waals surface area contributed by atoms with Gasteiger partial charge in [0, 0.05) is 0 Å². The molecule has 2 aromatic carbocycles. The van der Waals surface area contributed by atoms with E-state index in [1.165, 1.54) is 45.4 Å². The molecule has 1 atom stereocenters. The summed E-state index contributed by atoms with van der Waals surface area (Å²) in [6.45, 7) is 4.53. The van der Waals surface area contributed by atoms with E-state index < -0.39 is 23.2 Å². The number of halogens is 2. The van der Waals surface area contributed by atoms with Crippen molar-refractivity contribution in [1.29, 1.82) is 0 Å². The molecule has 2 aliphatic carbocycles. The Kier molecular flexibility index (Phi) is 6.85. The van der Waals surface area contributed by atoms with Gasteiger partial charge in [-0.25, -0.2) is 0 Å². The molecule has 0 saturated heterocycles.